The molecule has 1 aliphatic carbocycles. The first kappa shape index (κ1) is 13.3. The maximum atomic E-state index is 11.9. The van der Waals surface area contributed by atoms with Crippen LogP contribution in [-0.2, 0) is 9.59 Å². The third-order valence-corrected chi connectivity index (χ3v) is 3.42. The molecule has 18 heavy (non-hydrogen) atoms. The number of nitrogens with one attached hydrogen (secondary N) is 1. The highest BCUT2D eigenvalue weighted by Gasteiger charge is 2.24. The predicted octanol–water partition coefficient (Wildman–Crippen LogP) is -0.643. The number of carboxylic acid groups (broad SMARTS) is 1. The van der Waals surface area contributed by atoms with Crippen molar-refractivity contribution in [2.75, 3.05) is 39.3 Å². The van der Waals surface area contributed by atoms with Gasteiger partial charge in [-0.2, -0.15) is 0 Å². The zero-order valence-electron chi connectivity index (χ0n) is 10.6. The lowest BCUT2D eigenvalue weighted by atomic mass is 10.3. The Bertz CT molecular complexity index is 318. The minimum atomic E-state index is -0.801. The van der Waals surface area contributed by atoms with E-state index < -0.39 is 5.97 Å². The maximum Gasteiger partial charge on any atom is 0.317 e. The summed E-state index contributed by atoms with van der Waals surface area (Å²) in [4.78, 5) is 26.3. The van der Waals surface area contributed by atoms with E-state index in [1.165, 1.54) is 12.8 Å². The van der Waals surface area contributed by atoms with Gasteiger partial charge in [-0.15, -0.1) is 0 Å². The molecular weight excluding hydrogens is 234 g/mol. The van der Waals surface area contributed by atoms with Crippen molar-refractivity contribution >= 4 is 11.9 Å². The molecule has 2 fully saturated rings. The van der Waals surface area contributed by atoms with Crippen LogP contribution in [0.25, 0.3) is 0 Å². The van der Waals surface area contributed by atoms with Gasteiger partial charge in [0.05, 0.1) is 13.1 Å². The van der Waals surface area contributed by atoms with Crippen molar-refractivity contribution in [2.45, 2.75) is 25.3 Å². The number of rotatable bonds is 5. The molecule has 0 aromatic heterocycles. The lowest BCUT2D eigenvalue weighted by Crippen LogP contribution is -2.41. The number of carbonyl (C=O) groups excluding carboxylic acids is 1. The van der Waals surface area contributed by atoms with Crippen molar-refractivity contribution in [3.8, 4) is 0 Å². The van der Waals surface area contributed by atoms with E-state index in [0.29, 0.717) is 25.7 Å². The second-order valence-corrected chi connectivity index (χ2v) is 5.06. The minimum absolute atomic E-state index is 0.0718. The van der Waals surface area contributed by atoms with Crippen molar-refractivity contribution in [2.24, 2.45) is 0 Å². The van der Waals surface area contributed by atoms with Gasteiger partial charge in [0.15, 0.2) is 0 Å². The van der Waals surface area contributed by atoms with Gasteiger partial charge in [0.1, 0.15) is 0 Å². The molecule has 0 aromatic carbocycles. The van der Waals surface area contributed by atoms with Gasteiger partial charge in [-0.1, -0.05) is 0 Å². The highest BCUT2D eigenvalue weighted by atomic mass is 16.4. The molecule has 2 aliphatic rings. The topological polar surface area (TPSA) is 72.9 Å². The second-order valence-electron chi connectivity index (χ2n) is 5.06. The van der Waals surface area contributed by atoms with Crippen LogP contribution in [0.3, 0.4) is 0 Å². The molecule has 2 N–H and O–H groups in total. The van der Waals surface area contributed by atoms with Crippen LogP contribution in [0.1, 0.15) is 19.3 Å². The fourth-order valence-corrected chi connectivity index (χ4v) is 2.20. The van der Waals surface area contributed by atoms with E-state index in [-0.39, 0.29) is 12.5 Å². The van der Waals surface area contributed by atoms with Gasteiger partial charge >= 0.3 is 5.97 Å². The van der Waals surface area contributed by atoms with Crippen LogP contribution in [0, 0.1) is 0 Å². The third-order valence-electron chi connectivity index (χ3n) is 3.42. The van der Waals surface area contributed by atoms with Gasteiger partial charge in [0.2, 0.25) is 5.91 Å². The van der Waals surface area contributed by atoms with Crippen LogP contribution in [0.15, 0.2) is 0 Å². The molecule has 0 aromatic rings. The smallest absolute Gasteiger partial charge is 0.317 e. The Morgan fingerprint density at radius 3 is 2.61 bits per heavy atom. The van der Waals surface area contributed by atoms with E-state index in [0.717, 1.165) is 19.5 Å². The van der Waals surface area contributed by atoms with Crippen molar-refractivity contribution in [1.82, 2.24) is 15.1 Å². The average molecular weight is 255 g/mol. The molecule has 0 unspecified atom stereocenters. The summed E-state index contributed by atoms with van der Waals surface area (Å²) in [5.74, 6) is -0.663. The normalized spacial score (nSPS) is 21.7. The van der Waals surface area contributed by atoms with E-state index in [2.05, 4.69) is 5.32 Å². The van der Waals surface area contributed by atoms with Gasteiger partial charge in [0, 0.05) is 32.2 Å². The molecule has 0 radical (unpaired) electrons. The van der Waals surface area contributed by atoms with Crippen molar-refractivity contribution in [3.05, 3.63) is 0 Å². The summed E-state index contributed by atoms with van der Waals surface area (Å²) in [6, 6.07) is 0.546. The molecular formula is C12H21N3O3. The minimum Gasteiger partial charge on any atom is -0.480 e. The molecule has 1 amide bonds. The van der Waals surface area contributed by atoms with Crippen LogP contribution in [0.2, 0.25) is 0 Å². The van der Waals surface area contributed by atoms with Gasteiger partial charge in [0.25, 0.3) is 0 Å². The van der Waals surface area contributed by atoms with E-state index >= 15 is 0 Å². The summed E-state index contributed by atoms with van der Waals surface area (Å²) in [6.45, 7) is 3.28. The summed E-state index contributed by atoms with van der Waals surface area (Å²) in [7, 11) is 0. The Labute approximate surface area is 107 Å². The van der Waals surface area contributed by atoms with Crippen molar-refractivity contribution < 1.29 is 14.7 Å². The summed E-state index contributed by atoms with van der Waals surface area (Å²) in [5, 5.41) is 12.0. The number of aliphatic carboxylic acids is 1. The fraction of sp³-hybridized carbons (Fsp3) is 0.833. The Balaban J connectivity index is 1.72. The zero-order chi connectivity index (χ0) is 13.0. The molecule has 2 rings (SSSR count). The summed E-state index contributed by atoms with van der Waals surface area (Å²) in [5.41, 5.74) is 0. The van der Waals surface area contributed by atoms with Gasteiger partial charge < -0.3 is 15.3 Å². The molecule has 0 atom stereocenters. The lowest BCUT2D eigenvalue weighted by molar-refractivity contribution is -0.138. The third kappa shape index (κ3) is 4.27. The Hall–Kier alpha value is -1.14. The molecule has 1 aliphatic heterocycles. The molecule has 102 valence electrons. The number of hydrogen-bond acceptors (Lipinski definition) is 4. The quantitative estimate of drug-likeness (QED) is 0.683. The first-order chi connectivity index (χ1) is 8.65. The molecule has 6 heteroatoms. The molecule has 1 heterocycles. The fourth-order valence-electron chi connectivity index (χ4n) is 2.20. The SMILES string of the molecule is O=C(O)CN1CCCN(C(=O)CNC2CC2)CC1. The maximum absolute atomic E-state index is 11.9. The van der Waals surface area contributed by atoms with Gasteiger partial charge in [-0.3, -0.25) is 14.5 Å². The van der Waals surface area contributed by atoms with Gasteiger partial charge in [-0.25, -0.2) is 0 Å². The number of carbonyl (C=O) groups is 2. The Morgan fingerprint density at radius 1 is 1.17 bits per heavy atom. The van der Waals surface area contributed by atoms with Crippen LogP contribution in [0.4, 0.5) is 0 Å². The first-order valence-electron chi connectivity index (χ1n) is 6.60. The van der Waals surface area contributed by atoms with E-state index in [1.807, 2.05) is 9.80 Å². The standard InChI is InChI=1S/C12H21N3O3/c16-11(8-13-10-2-3-10)15-5-1-4-14(6-7-15)9-12(17)18/h10,13H,1-9H2,(H,17,18). The molecule has 0 spiro atoms. The largest absolute Gasteiger partial charge is 0.480 e. The van der Waals surface area contributed by atoms with Crippen molar-refractivity contribution in [1.29, 1.82) is 0 Å². The van der Waals surface area contributed by atoms with E-state index in [9.17, 15) is 9.59 Å². The molecule has 1 saturated carbocycles. The number of carboxylic acids is 1. The van der Waals surface area contributed by atoms with Crippen LogP contribution >= 0.6 is 0 Å². The number of hydrogen-bond donors (Lipinski definition) is 2. The highest BCUT2D eigenvalue weighted by molar-refractivity contribution is 5.78. The predicted molar refractivity (Wildman–Crippen MR) is 66.3 cm³/mol. The van der Waals surface area contributed by atoms with E-state index in [1.54, 1.807) is 0 Å². The summed E-state index contributed by atoms with van der Waals surface area (Å²) in [6.07, 6.45) is 3.21. The summed E-state index contributed by atoms with van der Waals surface area (Å²) >= 11 is 0. The van der Waals surface area contributed by atoms with Crippen LogP contribution in [-0.4, -0.2) is 72.1 Å². The summed E-state index contributed by atoms with van der Waals surface area (Å²) < 4.78 is 0. The second kappa shape index (κ2) is 6.15. The number of nitrogens with zero attached hydrogens (tertiary/aromatic N) is 2. The van der Waals surface area contributed by atoms with Crippen LogP contribution in [0.5, 0.6) is 0 Å². The number of amides is 1. The molecule has 6 nitrogen and oxygen atoms in total. The average Bonchev–Trinajstić information content (AvgIpc) is 3.12. The van der Waals surface area contributed by atoms with Crippen LogP contribution < -0.4 is 5.32 Å². The van der Waals surface area contributed by atoms with Gasteiger partial charge in [-0.05, 0) is 19.3 Å². The highest BCUT2D eigenvalue weighted by Crippen LogP contribution is 2.18. The first-order valence-corrected chi connectivity index (χ1v) is 6.60. The van der Waals surface area contributed by atoms with Crippen molar-refractivity contribution in [3.63, 3.8) is 0 Å². The molecule has 1 saturated heterocycles. The Kier molecular flexibility index (Phi) is 4.54. The molecule has 0 bridgehead atoms. The monoisotopic (exact) mass is 255 g/mol. The zero-order valence-corrected chi connectivity index (χ0v) is 10.6. The lowest BCUT2D eigenvalue weighted by Gasteiger charge is -2.21. The van der Waals surface area contributed by atoms with E-state index in [4.69, 9.17) is 5.11 Å². The Morgan fingerprint density at radius 2 is 1.94 bits per heavy atom.